The van der Waals surface area contributed by atoms with Crippen LogP contribution in [0.1, 0.15) is 4.88 Å². The second-order valence-electron chi connectivity index (χ2n) is 3.62. The Balaban J connectivity index is 2.36. The van der Waals surface area contributed by atoms with Crippen LogP contribution in [0.5, 0.6) is 0 Å². The molecular weight excluding hydrogens is 252 g/mol. The molecule has 1 heterocycles. The van der Waals surface area contributed by atoms with Crippen molar-refractivity contribution in [1.29, 1.82) is 0 Å². The zero-order valence-corrected chi connectivity index (χ0v) is 10.8. The van der Waals surface area contributed by atoms with Crippen molar-refractivity contribution in [3.8, 4) is 0 Å². The molecule has 0 saturated carbocycles. The highest BCUT2D eigenvalue weighted by molar-refractivity contribution is 7.09. The van der Waals surface area contributed by atoms with Crippen LogP contribution in [0, 0.1) is 0 Å². The first-order valence-corrected chi connectivity index (χ1v) is 6.39. The van der Waals surface area contributed by atoms with Gasteiger partial charge in [-0.1, -0.05) is 12.1 Å². The molecule has 0 aliphatic rings. The lowest BCUT2D eigenvalue weighted by Gasteiger charge is -2.19. The van der Waals surface area contributed by atoms with E-state index in [9.17, 15) is 9.59 Å². The molecule has 0 aliphatic heterocycles. The van der Waals surface area contributed by atoms with E-state index in [1.54, 1.807) is 11.3 Å². The lowest BCUT2D eigenvalue weighted by molar-refractivity contribution is -0.137. The van der Waals surface area contributed by atoms with E-state index in [0.29, 0.717) is 6.54 Å². The van der Waals surface area contributed by atoms with E-state index in [-0.39, 0.29) is 19.1 Å². The molecule has 0 saturated heterocycles. The van der Waals surface area contributed by atoms with Gasteiger partial charge in [-0.3, -0.25) is 4.79 Å². The molecule has 0 fully saturated rings. The van der Waals surface area contributed by atoms with Crippen molar-refractivity contribution < 1.29 is 14.7 Å². The van der Waals surface area contributed by atoms with Gasteiger partial charge in [-0.2, -0.15) is 0 Å². The van der Waals surface area contributed by atoms with Crippen molar-refractivity contribution in [3.63, 3.8) is 0 Å². The van der Waals surface area contributed by atoms with Gasteiger partial charge in [0.1, 0.15) is 6.54 Å². The van der Waals surface area contributed by atoms with Crippen LogP contribution in [0.4, 0.5) is 4.79 Å². The third kappa shape index (κ3) is 5.01. The van der Waals surface area contributed by atoms with Gasteiger partial charge < -0.3 is 15.3 Å². The molecule has 0 radical (unpaired) electrons. The molecule has 2 amide bonds. The Labute approximate surface area is 110 Å². The number of thiophene rings is 1. The quantitative estimate of drug-likeness (QED) is 0.737. The predicted octanol–water partition coefficient (Wildman–Crippen LogP) is 1.57. The standard InChI is InChI=1S/C12H16N2O3S/c1-2-7-14(9-11(15)16)12(17)13-6-5-10-4-3-8-18-10/h2-4,8H,1,5-7,9H2,(H,13,17)(H,15,16). The normalized spacial score (nSPS) is 9.78. The second kappa shape index (κ2) is 7.50. The van der Waals surface area contributed by atoms with Crippen LogP contribution >= 0.6 is 11.3 Å². The fraction of sp³-hybridized carbons (Fsp3) is 0.333. The predicted molar refractivity (Wildman–Crippen MR) is 70.8 cm³/mol. The Morgan fingerprint density at radius 1 is 1.56 bits per heavy atom. The van der Waals surface area contributed by atoms with Gasteiger partial charge in [0, 0.05) is 18.0 Å². The number of hydrogen-bond donors (Lipinski definition) is 2. The van der Waals surface area contributed by atoms with E-state index in [1.165, 1.54) is 15.9 Å². The maximum absolute atomic E-state index is 11.7. The number of nitrogens with one attached hydrogen (secondary N) is 1. The molecule has 0 atom stereocenters. The van der Waals surface area contributed by atoms with Crippen LogP contribution in [0.25, 0.3) is 0 Å². The lowest BCUT2D eigenvalue weighted by Crippen LogP contribution is -2.43. The van der Waals surface area contributed by atoms with Gasteiger partial charge in [-0.25, -0.2) is 4.79 Å². The van der Waals surface area contributed by atoms with Crippen LogP contribution in [0.15, 0.2) is 30.2 Å². The number of hydrogen-bond acceptors (Lipinski definition) is 3. The summed E-state index contributed by atoms with van der Waals surface area (Å²) in [6, 6.07) is 3.57. The van der Waals surface area contributed by atoms with Crippen LogP contribution in [0.2, 0.25) is 0 Å². The first kappa shape index (κ1) is 14.2. The number of urea groups is 1. The Morgan fingerprint density at radius 2 is 2.33 bits per heavy atom. The highest BCUT2D eigenvalue weighted by Gasteiger charge is 2.14. The van der Waals surface area contributed by atoms with Gasteiger partial charge in [0.15, 0.2) is 0 Å². The monoisotopic (exact) mass is 268 g/mol. The fourth-order valence-corrected chi connectivity index (χ4v) is 2.11. The number of carbonyl (C=O) groups is 2. The van der Waals surface area contributed by atoms with Crippen LogP contribution in [-0.4, -0.2) is 41.6 Å². The third-order valence-electron chi connectivity index (χ3n) is 2.19. The average molecular weight is 268 g/mol. The Bertz CT molecular complexity index is 403. The van der Waals surface area contributed by atoms with E-state index in [4.69, 9.17) is 5.11 Å². The van der Waals surface area contributed by atoms with Crippen molar-refractivity contribution in [3.05, 3.63) is 35.0 Å². The number of carboxylic acid groups (broad SMARTS) is 1. The Hall–Kier alpha value is -1.82. The highest BCUT2D eigenvalue weighted by atomic mass is 32.1. The molecule has 0 aliphatic carbocycles. The SMILES string of the molecule is C=CCN(CC(=O)O)C(=O)NCCc1cccs1. The van der Waals surface area contributed by atoms with Gasteiger partial charge in [0.25, 0.3) is 0 Å². The molecule has 0 aromatic carbocycles. The molecule has 1 aromatic heterocycles. The number of aliphatic carboxylic acids is 1. The van der Waals surface area contributed by atoms with E-state index in [1.807, 2.05) is 17.5 Å². The molecule has 0 bridgehead atoms. The van der Waals surface area contributed by atoms with Crippen molar-refractivity contribution in [2.24, 2.45) is 0 Å². The van der Waals surface area contributed by atoms with Crippen LogP contribution in [0.3, 0.4) is 0 Å². The van der Waals surface area contributed by atoms with Crippen molar-refractivity contribution in [2.45, 2.75) is 6.42 Å². The summed E-state index contributed by atoms with van der Waals surface area (Å²) in [6.07, 6.45) is 2.25. The molecule has 0 spiro atoms. The number of nitrogens with zero attached hydrogens (tertiary/aromatic N) is 1. The molecule has 98 valence electrons. The van der Waals surface area contributed by atoms with E-state index in [0.717, 1.165) is 6.42 Å². The first-order valence-electron chi connectivity index (χ1n) is 5.51. The van der Waals surface area contributed by atoms with Crippen molar-refractivity contribution >= 4 is 23.3 Å². The second-order valence-corrected chi connectivity index (χ2v) is 4.66. The number of rotatable bonds is 7. The number of carbonyl (C=O) groups excluding carboxylic acids is 1. The maximum Gasteiger partial charge on any atom is 0.323 e. The summed E-state index contributed by atoms with van der Waals surface area (Å²) in [7, 11) is 0. The fourth-order valence-electron chi connectivity index (χ4n) is 1.40. The maximum atomic E-state index is 11.7. The van der Waals surface area contributed by atoms with E-state index in [2.05, 4.69) is 11.9 Å². The van der Waals surface area contributed by atoms with Crippen LogP contribution < -0.4 is 5.32 Å². The number of amides is 2. The smallest absolute Gasteiger partial charge is 0.323 e. The Morgan fingerprint density at radius 3 is 2.89 bits per heavy atom. The molecular formula is C12H16N2O3S. The molecule has 18 heavy (non-hydrogen) atoms. The molecule has 2 N–H and O–H groups in total. The summed E-state index contributed by atoms with van der Waals surface area (Å²) in [5, 5.41) is 13.4. The summed E-state index contributed by atoms with van der Waals surface area (Å²) in [5.74, 6) is -1.04. The summed E-state index contributed by atoms with van der Waals surface area (Å²) in [4.78, 5) is 24.7. The third-order valence-corrected chi connectivity index (χ3v) is 3.13. The summed E-state index contributed by atoms with van der Waals surface area (Å²) < 4.78 is 0. The zero-order chi connectivity index (χ0) is 13.4. The van der Waals surface area contributed by atoms with E-state index >= 15 is 0 Å². The summed E-state index contributed by atoms with van der Waals surface area (Å²) in [6.45, 7) is 3.89. The lowest BCUT2D eigenvalue weighted by atomic mass is 10.3. The van der Waals surface area contributed by atoms with E-state index < -0.39 is 5.97 Å². The van der Waals surface area contributed by atoms with Gasteiger partial charge >= 0.3 is 12.0 Å². The molecule has 1 rings (SSSR count). The zero-order valence-electron chi connectivity index (χ0n) is 9.96. The van der Waals surface area contributed by atoms with Gasteiger partial charge in [0.2, 0.25) is 0 Å². The van der Waals surface area contributed by atoms with Gasteiger partial charge in [-0.15, -0.1) is 17.9 Å². The topological polar surface area (TPSA) is 69.6 Å². The van der Waals surface area contributed by atoms with Gasteiger partial charge in [0.05, 0.1) is 0 Å². The average Bonchev–Trinajstić information content (AvgIpc) is 2.81. The molecule has 1 aromatic rings. The van der Waals surface area contributed by atoms with Gasteiger partial charge in [-0.05, 0) is 17.9 Å². The minimum atomic E-state index is -1.04. The van der Waals surface area contributed by atoms with Crippen molar-refractivity contribution in [1.82, 2.24) is 10.2 Å². The van der Waals surface area contributed by atoms with Crippen molar-refractivity contribution in [2.75, 3.05) is 19.6 Å². The minimum absolute atomic E-state index is 0.219. The molecule has 0 unspecified atom stereocenters. The molecule has 6 heteroatoms. The summed E-state index contributed by atoms with van der Waals surface area (Å²) >= 11 is 1.63. The van der Waals surface area contributed by atoms with Crippen LogP contribution in [-0.2, 0) is 11.2 Å². The molecule has 5 nitrogen and oxygen atoms in total. The minimum Gasteiger partial charge on any atom is -0.480 e. The first-order chi connectivity index (χ1) is 8.63. The number of carboxylic acids is 1. The largest absolute Gasteiger partial charge is 0.480 e. The summed E-state index contributed by atoms with van der Waals surface area (Å²) in [5.41, 5.74) is 0. The highest BCUT2D eigenvalue weighted by Crippen LogP contribution is 2.08. The Kier molecular flexibility index (Phi) is 5.93.